The number of hydrogen-bond acceptors (Lipinski definition) is 4. The lowest BCUT2D eigenvalue weighted by Gasteiger charge is -2.16. The second kappa shape index (κ2) is 11.6. The van der Waals surface area contributed by atoms with Crippen molar-refractivity contribution in [2.45, 2.75) is 26.6 Å². The van der Waals surface area contributed by atoms with Gasteiger partial charge in [0.25, 0.3) is 0 Å². The van der Waals surface area contributed by atoms with Crippen LogP contribution in [0, 0.1) is 6.92 Å². The topological polar surface area (TPSA) is 61.8 Å². The first kappa shape index (κ1) is 23.9. The van der Waals surface area contributed by atoms with E-state index in [-0.39, 0.29) is 29.7 Å². The maximum absolute atomic E-state index is 12.6. The molecule has 0 aliphatic heterocycles. The first-order valence-electron chi connectivity index (χ1n) is 8.50. The van der Waals surface area contributed by atoms with Crippen molar-refractivity contribution in [1.29, 1.82) is 0 Å². The lowest BCUT2D eigenvalue weighted by Crippen LogP contribution is -2.36. The molecule has 0 saturated carbocycles. The van der Waals surface area contributed by atoms with E-state index in [1.165, 1.54) is 0 Å². The smallest absolute Gasteiger partial charge is 0.387 e. The van der Waals surface area contributed by atoms with Gasteiger partial charge in [-0.15, -0.1) is 24.0 Å². The molecular formula is C19H26F2IN5O. The molecule has 2 rings (SSSR count). The van der Waals surface area contributed by atoms with E-state index in [1.54, 1.807) is 25.4 Å². The zero-order valence-corrected chi connectivity index (χ0v) is 18.7. The number of aliphatic imine (C=N–C) groups is 1. The van der Waals surface area contributed by atoms with Gasteiger partial charge in [-0.3, -0.25) is 4.99 Å². The quantitative estimate of drug-likeness (QED) is 0.343. The van der Waals surface area contributed by atoms with Crippen LogP contribution in [0.15, 0.2) is 41.5 Å². The van der Waals surface area contributed by atoms with E-state index in [1.807, 2.05) is 44.1 Å². The summed E-state index contributed by atoms with van der Waals surface area (Å²) in [5.74, 6) is 1.58. The molecule has 1 aromatic heterocycles. The fourth-order valence-electron chi connectivity index (χ4n) is 2.46. The van der Waals surface area contributed by atoms with Gasteiger partial charge in [0.1, 0.15) is 11.6 Å². The van der Waals surface area contributed by atoms with Gasteiger partial charge in [0.2, 0.25) is 0 Å². The maximum Gasteiger partial charge on any atom is 0.387 e. The summed E-state index contributed by atoms with van der Waals surface area (Å²) in [6, 6.07) is 9.00. The first-order valence-corrected chi connectivity index (χ1v) is 8.50. The highest BCUT2D eigenvalue weighted by molar-refractivity contribution is 14.0. The molecule has 28 heavy (non-hydrogen) atoms. The van der Waals surface area contributed by atoms with Crippen LogP contribution >= 0.6 is 24.0 Å². The van der Waals surface area contributed by atoms with E-state index >= 15 is 0 Å². The minimum Gasteiger partial charge on any atom is -0.434 e. The Bertz CT molecular complexity index is 787. The van der Waals surface area contributed by atoms with E-state index in [0.29, 0.717) is 24.6 Å². The summed E-state index contributed by atoms with van der Waals surface area (Å²) in [6.07, 6.45) is 1.75. The highest BCUT2D eigenvalue weighted by Crippen LogP contribution is 2.22. The van der Waals surface area contributed by atoms with Gasteiger partial charge in [-0.1, -0.05) is 17.7 Å². The normalized spacial score (nSPS) is 11.0. The molecule has 1 aromatic carbocycles. The molecule has 0 unspecified atom stereocenters. The molecule has 0 aliphatic carbocycles. The molecule has 0 bridgehead atoms. The predicted molar refractivity (Wildman–Crippen MR) is 119 cm³/mol. The van der Waals surface area contributed by atoms with Crippen LogP contribution in [0.2, 0.25) is 0 Å². The Morgan fingerprint density at radius 3 is 2.54 bits per heavy atom. The summed E-state index contributed by atoms with van der Waals surface area (Å²) < 4.78 is 29.7. The van der Waals surface area contributed by atoms with Gasteiger partial charge in [-0.05, 0) is 30.7 Å². The number of guanidine groups is 1. The standard InChI is InChI=1S/C19H25F2N5O.HI/c1-13-5-6-16(27-18(20)21)15(9-13)12-25-19(22-2)24-11-14-7-8-23-17(10-14)26(3)4;/h5-10,18H,11-12H2,1-4H3,(H2,22,24,25);1H. The molecule has 0 atom stereocenters. The van der Waals surface area contributed by atoms with Gasteiger partial charge in [0.15, 0.2) is 5.96 Å². The highest BCUT2D eigenvalue weighted by Gasteiger charge is 2.10. The van der Waals surface area contributed by atoms with Crippen LogP contribution in [0.5, 0.6) is 5.75 Å². The number of nitrogens with one attached hydrogen (secondary N) is 2. The number of hydrogen-bond donors (Lipinski definition) is 2. The number of alkyl halides is 2. The summed E-state index contributed by atoms with van der Waals surface area (Å²) in [7, 11) is 5.52. The third-order valence-corrected chi connectivity index (χ3v) is 3.83. The van der Waals surface area contributed by atoms with Crippen LogP contribution in [0.4, 0.5) is 14.6 Å². The molecule has 0 aliphatic rings. The second-order valence-corrected chi connectivity index (χ2v) is 6.19. The number of pyridine rings is 1. The number of benzene rings is 1. The van der Waals surface area contributed by atoms with Crippen LogP contribution in [-0.2, 0) is 13.1 Å². The minimum absolute atomic E-state index is 0. The molecule has 1 heterocycles. The van der Waals surface area contributed by atoms with Crippen molar-refractivity contribution in [2.24, 2.45) is 4.99 Å². The number of aromatic nitrogens is 1. The molecule has 0 radical (unpaired) electrons. The van der Waals surface area contributed by atoms with Crippen molar-refractivity contribution >= 4 is 35.8 Å². The monoisotopic (exact) mass is 505 g/mol. The van der Waals surface area contributed by atoms with E-state index < -0.39 is 6.61 Å². The zero-order valence-electron chi connectivity index (χ0n) is 16.4. The molecule has 9 heteroatoms. The van der Waals surface area contributed by atoms with Crippen molar-refractivity contribution in [3.63, 3.8) is 0 Å². The van der Waals surface area contributed by atoms with Gasteiger partial charge in [-0.2, -0.15) is 8.78 Å². The molecule has 0 saturated heterocycles. The number of nitrogens with zero attached hydrogens (tertiary/aromatic N) is 3. The van der Waals surface area contributed by atoms with Crippen LogP contribution in [0.25, 0.3) is 0 Å². The van der Waals surface area contributed by atoms with Gasteiger partial charge in [0, 0.05) is 46.0 Å². The Hall–Kier alpha value is -2.17. The largest absolute Gasteiger partial charge is 0.434 e. The lowest BCUT2D eigenvalue weighted by molar-refractivity contribution is -0.0504. The average molecular weight is 505 g/mol. The number of aryl methyl sites for hydroxylation is 1. The van der Waals surface area contributed by atoms with Gasteiger partial charge in [0.05, 0.1) is 0 Å². The Labute approximate surface area is 181 Å². The Balaban J connectivity index is 0.00000392. The highest BCUT2D eigenvalue weighted by atomic mass is 127. The number of halogens is 3. The lowest BCUT2D eigenvalue weighted by atomic mass is 10.1. The number of ether oxygens (including phenoxy) is 1. The van der Waals surface area contributed by atoms with Gasteiger partial charge >= 0.3 is 6.61 Å². The number of anilines is 1. The minimum atomic E-state index is -2.86. The van der Waals surface area contributed by atoms with Gasteiger partial charge < -0.3 is 20.3 Å². The Kier molecular flexibility index (Phi) is 9.91. The summed E-state index contributed by atoms with van der Waals surface area (Å²) in [6.45, 7) is -0.101. The Morgan fingerprint density at radius 1 is 1.18 bits per heavy atom. The second-order valence-electron chi connectivity index (χ2n) is 6.19. The van der Waals surface area contributed by atoms with E-state index in [2.05, 4.69) is 25.3 Å². The summed E-state index contributed by atoms with van der Waals surface area (Å²) in [5, 5.41) is 6.32. The SMILES string of the molecule is CN=C(NCc1ccnc(N(C)C)c1)NCc1cc(C)ccc1OC(F)F.I. The molecule has 0 spiro atoms. The molecule has 0 fully saturated rings. The van der Waals surface area contributed by atoms with E-state index in [0.717, 1.165) is 16.9 Å². The molecule has 2 N–H and O–H groups in total. The Morgan fingerprint density at radius 2 is 1.89 bits per heavy atom. The van der Waals surface area contributed by atoms with Gasteiger partial charge in [-0.25, -0.2) is 4.98 Å². The van der Waals surface area contributed by atoms with Crippen molar-refractivity contribution in [3.05, 3.63) is 53.2 Å². The summed E-state index contributed by atoms with van der Waals surface area (Å²) in [4.78, 5) is 10.4. The molecule has 0 amide bonds. The third-order valence-electron chi connectivity index (χ3n) is 3.83. The van der Waals surface area contributed by atoms with Crippen molar-refractivity contribution in [3.8, 4) is 5.75 Å². The van der Waals surface area contributed by atoms with E-state index in [9.17, 15) is 8.78 Å². The zero-order chi connectivity index (χ0) is 19.8. The molecule has 154 valence electrons. The van der Waals surface area contributed by atoms with Crippen LogP contribution in [0.3, 0.4) is 0 Å². The summed E-state index contributed by atoms with van der Waals surface area (Å²) >= 11 is 0. The maximum atomic E-state index is 12.6. The van der Waals surface area contributed by atoms with Crippen LogP contribution < -0.4 is 20.3 Å². The molecular weight excluding hydrogens is 479 g/mol. The molecule has 2 aromatic rings. The van der Waals surface area contributed by atoms with Crippen molar-refractivity contribution < 1.29 is 13.5 Å². The van der Waals surface area contributed by atoms with E-state index in [4.69, 9.17) is 0 Å². The first-order chi connectivity index (χ1) is 12.9. The fraction of sp³-hybridized carbons (Fsp3) is 0.368. The van der Waals surface area contributed by atoms with Crippen LogP contribution in [-0.4, -0.2) is 38.7 Å². The fourth-order valence-corrected chi connectivity index (χ4v) is 2.46. The van der Waals surface area contributed by atoms with Crippen molar-refractivity contribution in [1.82, 2.24) is 15.6 Å². The predicted octanol–water partition coefficient (Wildman–Crippen LogP) is 3.54. The number of rotatable bonds is 7. The van der Waals surface area contributed by atoms with Crippen LogP contribution in [0.1, 0.15) is 16.7 Å². The average Bonchev–Trinajstić information content (AvgIpc) is 2.63. The third kappa shape index (κ3) is 7.45. The molecule has 6 nitrogen and oxygen atoms in total. The summed E-state index contributed by atoms with van der Waals surface area (Å²) in [5.41, 5.74) is 2.65. The van der Waals surface area contributed by atoms with Crippen molar-refractivity contribution in [2.75, 3.05) is 26.0 Å².